The van der Waals surface area contributed by atoms with E-state index in [0.717, 1.165) is 23.8 Å². The quantitative estimate of drug-likeness (QED) is 0.678. The average Bonchev–Trinajstić information content (AvgIpc) is 3.19. The first-order chi connectivity index (χ1) is 10.8. The van der Waals surface area contributed by atoms with Crippen molar-refractivity contribution < 1.29 is 5.11 Å². The number of hydrogen-bond acceptors (Lipinski definition) is 4. The van der Waals surface area contributed by atoms with Crippen molar-refractivity contribution in [3.8, 4) is 0 Å². The first-order valence-corrected chi connectivity index (χ1v) is 10.3. The fourth-order valence-corrected chi connectivity index (χ4v) is 4.72. The summed E-state index contributed by atoms with van der Waals surface area (Å²) in [6.07, 6.45) is 9.13. The molecule has 4 nitrogen and oxygen atoms in total. The lowest BCUT2D eigenvalue weighted by molar-refractivity contribution is -0.0909. The van der Waals surface area contributed by atoms with Crippen LogP contribution in [0.4, 0.5) is 0 Å². The van der Waals surface area contributed by atoms with Gasteiger partial charge in [-0.1, -0.05) is 47.0 Å². The van der Waals surface area contributed by atoms with Crippen LogP contribution in [0.3, 0.4) is 0 Å². The second-order valence-corrected chi connectivity index (χ2v) is 8.94. The Hall–Kier alpha value is -0.550. The van der Waals surface area contributed by atoms with Crippen LogP contribution < -0.4 is 0 Å². The Labute approximate surface area is 145 Å². The molecule has 2 N–H and O–H groups in total. The highest BCUT2D eigenvalue weighted by Crippen LogP contribution is 2.54. The minimum atomic E-state index is -0.404. The van der Waals surface area contributed by atoms with E-state index in [0.29, 0.717) is 12.3 Å². The Kier molecular flexibility index (Phi) is 6.17. The van der Waals surface area contributed by atoms with Crippen molar-refractivity contribution in [1.82, 2.24) is 15.4 Å². The van der Waals surface area contributed by atoms with Gasteiger partial charge >= 0.3 is 0 Å². The van der Waals surface area contributed by atoms with Crippen molar-refractivity contribution >= 4 is 11.8 Å². The number of aromatic nitrogens is 3. The van der Waals surface area contributed by atoms with Gasteiger partial charge in [-0.15, -0.1) is 0 Å². The van der Waals surface area contributed by atoms with Crippen molar-refractivity contribution in [3.63, 3.8) is 0 Å². The summed E-state index contributed by atoms with van der Waals surface area (Å²) in [5.74, 6) is 2.52. The minimum absolute atomic E-state index is 0.0748. The summed E-state index contributed by atoms with van der Waals surface area (Å²) in [7, 11) is 0. The van der Waals surface area contributed by atoms with E-state index in [4.69, 9.17) is 0 Å². The number of rotatable bonds is 10. The standard InChI is InChI=1S/C18H33N3OS/c1-6-17(2,3)18(4,14(12-23-5)9-13-7-8-13)16(22)10-15-11-19-21-20-15/h11,13-14,16,22H,6-10,12H2,1-5H3,(H,19,20,21). The van der Waals surface area contributed by atoms with Crippen molar-refractivity contribution in [2.75, 3.05) is 12.0 Å². The lowest BCUT2D eigenvalue weighted by atomic mass is 9.55. The number of thioether (sulfide) groups is 1. The molecule has 1 aliphatic rings. The zero-order chi connectivity index (χ0) is 17.1. The Balaban J connectivity index is 2.28. The third-order valence-corrected chi connectivity index (χ3v) is 7.17. The van der Waals surface area contributed by atoms with E-state index in [1.807, 2.05) is 11.8 Å². The highest BCUT2D eigenvalue weighted by atomic mass is 32.2. The van der Waals surface area contributed by atoms with Gasteiger partial charge in [0.15, 0.2) is 0 Å². The smallest absolute Gasteiger partial charge is 0.0850 e. The molecule has 0 saturated heterocycles. The van der Waals surface area contributed by atoms with E-state index in [-0.39, 0.29) is 10.8 Å². The van der Waals surface area contributed by atoms with Gasteiger partial charge in [0.2, 0.25) is 0 Å². The van der Waals surface area contributed by atoms with Crippen molar-refractivity contribution in [2.45, 2.75) is 65.9 Å². The fourth-order valence-electron chi connectivity index (χ4n) is 3.83. The molecule has 2 rings (SSSR count). The van der Waals surface area contributed by atoms with Crippen molar-refractivity contribution in [3.05, 3.63) is 11.9 Å². The van der Waals surface area contributed by atoms with Crippen LogP contribution in [0.25, 0.3) is 0 Å². The highest BCUT2D eigenvalue weighted by Gasteiger charge is 2.51. The molecule has 0 bridgehead atoms. The van der Waals surface area contributed by atoms with E-state index in [1.165, 1.54) is 19.3 Å². The number of hydrogen-bond donors (Lipinski definition) is 2. The summed E-state index contributed by atoms with van der Waals surface area (Å²) in [6.45, 7) is 9.19. The maximum Gasteiger partial charge on any atom is 0.0850 e. The van der Waals surface area contributed by atoms with Crippen LogP contribution in [0.15, 0.2) is 6.20 Å². The number of aromatic amines is 1. The molecule has 0 aliphatic heterocycles. The van der Waals surface area contributed by atoms with Gasteiger partial charge in [-0.25, -0.2) is 0 Å². The molecule has 5 heteroatoms. The highest BCUT2D eigenvalue weighted by molar-refractivity contribution is 7.98. The minimum Gasteiger partial charge on any atom is -0.392 e. The maximum atomic E-state index is 11.2. The second kappa shape index (κ2) is 7.56. The van der Waals surface area contributed by atoms with Crippen molar-refractivity contribution in [2.24, 2.45) is 22.7 Å². The molecule has 23 heavy (non-hydrogen) atoms. The third kappa shape index (κ3) is 4.11. The Bertz CT molecular complexity index is 473. The molecular weight excluding hydrogens is 306 g/mol. The van der Waals surface area contributed by atoms with Gasteiger partial charge in [-0.05, 0) is 35.7 Å². The number of nitrogens with one attached hydrogen (secondary N) is 1. The second-order valence-electron chi connectivity index (χ2n) is 8.03. The SMILES string of the molecule is CCC(C)(C)C(C)(C(O)Cc1cn[nH]n1)C(CSC)CC1CC1. The largest absolute Gasteiger partial charge is 0.392 e. The molecule has 1 heterocycles. The summed E-state index contributed by atoms with van der Waals surface area (Å²) in [5, 5.41) is 21.9. The molecule has 132 valence electrons. The van der Waals surface area contributed by atoms with Crippen LogP contribution in [-0.4, -0.2) is 38.6 Å². The molecule has 0 radical (unpaired) electrons. The van der Waals surface area contributed by atoms with Gasteiger partial charge in [-0.2, -0.15) is 27.2 Å². The molecule has 3 atom stereocenters. The van der Waals surface area contributed by atoms with Crippen molar-refractivity contribution in [1.29, 1.82) is 0 Å². The van der Waals surface area contributed by atoms with E-state index < -0.39 is 6.10 Å². The number of aliphatic hydroxyl groups excluding tert-OH is 1. The molecule has 3 unspecified atom stereocenters. The molecule has 0 spiro atoms. The van der Waals surface area contributed by atoms with E-state index >= 15 is 0 Å². The zero-order valence-electron chi connectivity index (χ0n) is 15.3. The molecule has 1 aromatic heterocycles. The predicted molar refractivity (Wildman–Crippen MR) is 97.5 cm³/mol. The van der Waals surface area contributed by atoms with Gasteiger partial charge in [0.1, 0.15) is 0 Å². The summed E-state index contributed by atoms with van der Waals surface area (Å²) in [4.78, 5) is 0. The van der Waals surface area contributed by atoms with Gasteiger partial charge in [-0.3, -0.25) is 0 Å². The number of nitrogens with zero attached hydrogens (tertiary/aromatic N) is 2. The summed E-state index contributed by atoms with van der Waals surface area (Å²) < 4.78 is 0. The van der Waals surface area contributed by atoms with Crippen LogP contribution in [0.2, 0.25) is 0 Å². The van der Waals surface area contributed by atoms with Crippen LogP contribution in [-0.2, 0) is 6.42 Å². The van der Waals surface area contributed by atoms with Crippen LogP contribution in [0.5, 0.6) is 0 Å². The molecule has 0 aromatic carbocycles. The summed E-state index contributed by atoms with van der Waals surface area (Å²) >= 11 is 1.91. The maximum absolute atomic E-state index is 11.2. The van der Waals surface area contributed by atoms with Gasteiger partial charge in [0.25, 0.3) is 0 Å². The topological polar surface area (TPSA) is 61.8 Å². The molecule has 1 saturated carbocycles. The van der Waals surface area contributed by atoms with Crippen LogP contribution >= 0.6 is 11.8 Å². The first kappa shape index (κ1) is 18.8. The van der Waals surface area contributed by atoms with Gasteiger partial charge in [0, 0.05) is 11.8 Å². The monoisotopic (exact) mass is 339 g/mol. The first-order valence-electron chi connectivity index (χ1n) is 8.86. The molecule has 0 amide bonds. The normalized spacial score (nSPS) is 21.0. The van der Waals surface area contributed by atoms with Crippen LogP contribution in [0, 0.1) is 22.7 Å². The molecule has 1 aromatic rings. The molecule has 1 fully saturated rings. The van der Waals surface area contributed by atoms with E-state index in [1.54, 1.807) is 6.20 Å². The van der Waals surface area contributed by atoms with E-state index in [2.05, 4.69) is 49.4 Å². The summed E-state index contributed by atoms with van der Waals surface area (Å²) in [6, 6.07) is 0. The number of aliphatic hydroxyl groups is 1. The Morgan fingerprint density at radius 3 is 2.57 bits per heavy atom. The Morgan fingerprint density at radius 2 is 2.09 bits per heavy atom. The number of H-pyrrole nitrogens is 1. The zero-order valence-corrected chi connectivity index (χ0v) is 16.1. The predicted octanol–water partition coefficient (Wildman–Crippen LogP) is 3.93. The summed E-state index contributed by atoms with van der Waals surface area (Å²) in [5.41, 5.74) is 0.794. The average molecular weight is 340 g/mol. The van der Waals surface area contributed by atoms with Gasteiger partial charge in [0.05, 0.1) is 18.0 Å². The Morgan fingerprint density at radius 1 is 1.39 bits per heavy atom. The lowest BCUT2D eigenvalue weighted by Gasteiger charge is -2.52. The van der Waals surface area contributed by atoms with E-state index in [9.17, 15) is 5.11 Å². The molecule has 1 aliphatic carbocycles. The van der Waals surface area contributed by atoms with Crippen LogP contribution in [0.1, 0.15) is 59.1 Å². The third-order valence-electron chi connectivity index (χ3n) is 6.43. The van der Waals surface area contributed by atoms with Gasteiger partial charge < -0.3 is 5.11 Å². The molecular formula is C18H33N3OS. The lowest BCUT2D eigenvalue weighted by Crippen LogP contribution is -2.52. The fraction of sp³-hybridized carbons (Fsp3) is 0.889.